The van der Waals surface area contributed by atoms with Crippen molar-refractivity contribution in [3.63, 3.8) is 0 Å². The number of thiophene rings is 1. The molecule has 1 aromatic carbocycles. The molecule has 8 heteroatoms. The van der Waals surface area contributed by atoms with Crippen LogP contribution in [0.2, 0.25) is 0 Å². The fraction of sp³-hybridized carbons (Fsp3) is 0.278. The first-order valence-corrected chi connectivity index (χ1v) is 8.83. The van der Waals surface area contributed by atoms with Crippen LogP contribution >= 0.6 is 11.3 Å². The highest BCUT2D eigenvalue weighted by Crippen LogP contribution is 2.29. The number of aromatic nitrogens is 2. The first kappa shape index (κ1) is 17.9. The molecule has 0 aliphatic rings. The second-order valence-corrected chi connectivity index (χ2v) is 6.53. The monoisotopic (exact) mass is 374 g/mol. The number of hydrogen-bond acceptors (Lipinski definition) is 8. The van der Waals surface area contributed by atoms with E-state index < -0.39 is 5.97 Å². The van der Waals surface area contributed by atoms with Crippen LogP contribution in [0.25, 0.3) is 10.8 Å². The van der Waals surface area contributed by atoms with Crippen LogP contribution in [0.5, 0.6) is 11.5 Å². The van der Waals surface area contributed by atoms with Gasteiger partial charge in [-0.3, -0.25) is 0 Å². The summed E-state index contributed by atoms with van der Waals surface area (Å²) in [5.74, 6) is 1.15. The average molecular weight is 374 g/mol. The number of ether oxygens (including phenoxy) is 3. The maximum Gasteiger partial charge on any atom is 0.338 e. The Labute approximate surface area is 154 Å². The van der Waals surface area contributed by atoms with Crippen LogP contribution in [0.4, 0.5) is 0 Å². The van der Waals surface area contributed by atoms with Crippen molar-refractivity contribution in [1.29, 1.82) is 0 Å². The second kappa shape index (κ2) is 8.01. The molecule has 26 heavy (non-hydrogen) atoms. The minimum atomic E-state index is -0.518. The molecule has 0 fully saturated rings. The van der Waals surface area contributed by atoms with Gasteiger partial charge in [-0.15, -0.1) is 21.5 Å². The molecule has 0 bridgehead atoms. The molecule has 0 saturated carbocycles. The SMILES string of the molecule is COc1cc(C(=O)OCc2nnc(-c3cccs3)o2)ccc1OC(C)C. The van der Waals surface area contributed by atoms with Crippen LogP contribution in [-0.2, 0) is 11.3 Å². The Hall–Kier alpha value is -2.87. The Kier molecular flexibility index (Phi) is 5.52. The number of rotatable bonds is 7. The van der Waals surface area contributed by atoms with E-state index >= 15 is 0 Å². The van der Waals surface area contributed by atoms with E-state index in [1.807, 2.05) is 31.4 Å². The van der Waals surface area contributed by atoms with E-state index in [0.29, 0.717) is 23.0 Å². The summed E-state index contributed by atoms with van der Waals surface area (Å²) in [5.41, 5.74) is 0.343. The molecule has 0 unspecified atom stereocenters. The van der Waals surface area contributed by atoms with E-state index in [9.17, 15) is 4.79 Å². The second-order valence-electron chi connectivity index (χ2n) is 5.59. The maximum absolute atomic E-state index is 12.2. The van der Waals surface area contributed by atoms with Gasteiger partial charge in [-0.1, -0.05) is 6.07 Å². The van der Waals surface area contributed by atoms with Gasteiger partial charge in [0.1, 0.15) is 0 Å². The molecule has 2 heterocycles. The van der Waals surface area contributed by atoms with Crippen LogP contribution in [0, 0.1) is 0 Å². The predicted octanol–water partition coefficient (Wildman–Crippen LogP) is 3.95. The minimum Gasteiger partial charge on any atom is -0.493 e. The van der Waals surface area contributed by atoms with E-state index in [4.69, 9.17) is 18.6 Å². The Balaban J connectivity index is 1.65. The van der Waals surface area contributed by atoms with Crippen molar-refractivity contribution in [3.05, 3.63) is 47.2 Å². The largest absolute Gasteiger partial charge is 0.493 e. The maximum atomic E-state index is 12.2. The molecule has 0 spiro atoms. The fourth-order valence-corrected chi connectivity index (χ4v) is 2.81. The van der Waals surface area contributed by atoms with Gasteiger partial charge >= 0.3 is 5.97 Å². The summed E-state index contributed by atoms with van der Waals surface area (Å²) in [6.07, 6.45) is -0.00299. The zero-order valence-corrected chi connectivity index (χ0v) is 15.4. The number of benzene rings is 1. The molecule has 3 rings (SSSR count). The number of carbonyl (C=O) groups is 1. The topological polar surface area (TPSA) is 83.7 Å². The highest BCUT2D eigenvalue weighted by atomic mass is 32.1. The zero-order valence-electron chi connectivity index (χ0n) is 14.6. The summed E-state index contributed by atoms with van der Waals surface area (Å²) >= 11 is 1.49. The first-order valence-electron chi connectivity index (χ1n) is 7.95. The Bertz CT molecular complexity index is 874. The van der Waals surface area contributed by atoms with E-state index in [1.54, 1.807) is 18.2 Å². The molecule has 7 nitrogen and oxygen atoms in total. The lowest BCUT2D eigenvalue weighted by Gasteiger charge is -2.14. The normalized spacial score (nSPS) is 10.8. The van der Waals surface area contributed by atoms with Gasteiger partial charge in [0.15, 0.2) is 18.1 Å². The Morgan fingerprint density at radius 3 is 2.77 bits per heavy atom. The van der Waals surface area contributed by atoms with E-state index in [1.165, 1.54) is 18.4 Å². The van der Waals surface area contributed by atoms with Crippen molar-refractivity contribution in [1.82, 2.24) is 10.2 Å². The number of esters is 1. The van der Waals surface area contributed by atoms with Crippen LogP contribution < -0.4 is 9.47 Å². The number of nitrogens with zero attached hydrogens (tertiary/aromatic N) is 2. The molecule has 0 atom stereocenters. The third-order valence-electron chi connectivity index (χ3n) is 3.29. The summed E-state index contributed by atoms with van der Waals surface area (Å²) < 4.78 is 21.6. The third kappa shape index (κ3) is 4.20. The Morgan fingerprint density at radius 1 is 1.23 bits per heavy atom. The lowest BCUT2D eigenvalue weighted by atomic mass is 10.2. The smallest absolute Gasteiger partial charge is 0.338 e. The molecule has 2 aromatic heterocycles. The molecule has 0 N–H and O–H groups in total. The summed E-state index contributed by atoms with van der Waals surface area (Å²) in [5, 5.41) is 9.74. The molecular weight excluding hydrogens is 356 g/mol. The summed E-state index contributed by atoms with van der Waals surface area (Å²) in [7, 11) is 1.52. The van der Waals surface area contributed by atoms with Crippen molar-refractivity contribution in [3.8, 4) is 22.3 Å². The van der Waals surface area contributed by atoms with Crippen LogP contribution in [0.1, 0.15) is 30.1 Å². The van der Waals surface area contributed by atoms with Gasteiger partial charge in [-0.05, 0) is 43.5 Å². The number of methoxy groups -OCH3 is 1. The van der Waals surface area contributed by atoms with Crippen molar-refractivity contribution in [2.75, 3.05) is 7.11 Å². The summed E-state index contributed by atoms with van der Waals surface area (Å²) in [6.45, 7) is 3.72. The van der Waals surface area contributed by atoms with Crippen molar-refractivity contribution < 1.29 is 23.4 Å². The van der Waals surface area contributed by atoms with Crippen molar-refractivity contribution in [2.45, 2.75) is 26.6 Å². The van der Waals surface area contributed by atoms with E-state index in [-0.39, 0.29) is 18.6 Å². The quantitative estimate of drug-likeness (QED) is 0.579. The molecule has 0 aliphatic heterocycles. The molecule has 0 radical (unpaired) electrons. The minimum absolute atomic E-state index is 0.00299. The molecular formula is C18H18N2O5S. The molecule has 0 saturated heterocycles. The van der Waals surface area contributed by atoms with Crippen LogP contribution in [-0.4, -0.2) is 29.4 Å². The van der Waals surface area contributed by atoms with Gasteiger partial charge in [0, 0.05) is 0 Å². The van der Waals surface area contributed by atoms with Gasteiger partial charge in [-0.25, -0.2) is 4.79 Å². The summed E-state index contributed by atoms with van der Waals surface area (Å²) in [4.78, 5) is 13.1. The predicted molar refractivity (Wildman–Crippen MR) is 95.5 cm³/mol. The van der Waals surface area contributed by atoms with Crippen molar-refractivity contribution >= 4 is 17.3 Å². The van der Waals surface area contributed by atoms with Gasteiger partial charge in [0.2, 0.25) is 0 Å². The number of hydrogen-bond donors (Lipinski definition) is 0. The standard InChI is InChI=1S/C18H18N2O5S/c1-11(2)24-13-7-6-12(9-14(13)22-3)18(21)23-10-16-19-20-17(25-16)15-5-4-8-26-15/h4-9,11H,10H2,1-3H3. The van der Waals surface area contributed by atoms with Gasteiger partial charge in [0.05, 0.1) is 23.7 Å². The molecule has 3 aromatic rings. The highest BCUT2D eigenvalue weighted by molar-refractivity contribution is 7.13. The van der Waals surface area contributed by atoms with Gasteiger partial charge in [-0.2, -0.15) is 0 Å². The van der Waals surface area contributed by atoms with Crippen molar-refractivity contribution in [2.24, 2.45) is 0 Å². The molecule has 0 amide bonds. The van der Waals surface area contributed by atoms with E-state index in [2.05, 4.69) is 10.2 Å². The average Bonchev–Trinajstić information content (AvgIpc) is 3.30. The van der Waals surface area contributed by atoms with Gasteiger partial charge < -0.3 is 18.6 Å². The number of carbonyl (C=O) groups excluding carboxylic acids is 1. The van der Waals surface area contributed by atoms with Gasteiger partial charge in [0.25, 0.3) is 11.8 Å². The van der Waals surface area contributed by atoms with E-state index in [0.717, 1.165) is 4.88 Å². The molecule has 136 valence electrons. The molecule has 0 aliphatic carbocycles. The van der Waals surface area contributed by atoms with Crippen LogP contribution in [0.15, 0.2) is 40.1 Å². The third-order valence-corrected chi connectivity index (χ3v) is 4.15. The highest BCUT2D eigenvalue weighted by Gasteiger charge is 2.15. The Morgan fingerprint density at radius 2 is 2.08 bits per heavy atom. The lowest BCUT2D eigenvalue weighted by molar-refractivity contribution is 0.0438. The zero-order chi connectivity index (χ0) is 18.5. The fourth-order valence-electron chi connectivity index (χ4n) is 2.17. The summed E-state index contributed by atoms with van der Waals surface area (Å²) in [6, 6.07) is 8.64. The van der Waals surface area contributed by atoms with Crippen LogP contribution in [0.3, 0.4) is 0 Å². The lowest BCUT2D eigenvalue weighted by Crippen LogP contribution is -2.09. The first-order chi connectivity index (χ1) is 12.6.